The Labute approximate surface area is 132 Å². The molecule has 0 N–H and O–H groups in total. The van der Waals surface area contributed by atoms with Gasteiger partial charge in [0.25, 0.3) is 5.69 Å². The van der Waals surface area contributed by atoms with Crippen molar-refractivity contribution in [2.45, 2.75) is 4.90 Å². The lowest BCUT2D eigenvalue weighted by Gasteiger charge is -2.33. The molecule has 0 saturated carbocycles. The summed E-state index contributed by atoms with van der Waals surface area (Å²) in [4.78, 5) is 23.0. The van der Waals surface area contributed by atoms with Gasteiger partial charge in [0.15, 0.2) is 0 Å². The highest BCUT2D eigenvalue weighted by molar-refractivity contribution is 7.89. The maximum Gasteiger partial charge on any atom is 0.269 e. The van der Waals surface area contributed by atoms with E-state index in [1.165, 1.54) is 21.3 Å². The van der Waals surface area contributed by atoms with Gasteiger partial charge in [0.2, 0.25) is 15.9 Å². The number of carbonyl (C=O) groups is 1. The van der Waals surface area contributed by atoms with Crippen LogP contribution in [0.2, 0.25) is 0 Å². The van der Waals surface area contributed by atoms with E-state index in [0.717, 1.165) is 12.1 Å². The monoisotopic (exact) mass is 347 g/mol. The molecule has 120 valence electrons. The van der Waals surface area contributed by atoms with Gasteiger partial charge >= 0.3 is 0 Å². The van der Waals surface area contributed by atoms with E-state index < -0.39 is 14.9 Å². The summed E-state index contributed by atoms with van der Waals surface area (Å²) >= 11 is 5.47. The van der Waals surface area contributed by atoms with Gasteiger partial charge in [-0.2, -0.15) is 4.31 Å². The number of nitro benzene ring substituents is 1. The van der Waals surface area contributed by atoms with Gasteiger partial charge in [-0.05, 0) is 12.1 Å². The summed E-state index contributed by atoms with van der Waals surface area (Å²) < 4.78 is 26.1. The standard InChI is InChI=1S/C12H14ClN3O5S/c13-9-12(17)14-5-7-15(8-6-14)22(20,21)11-3-1-10(2-4-11)16(18)19/h1-4H,5-9H2. The normalized spacial score (nSPS) is 16.5. The molecule has 0 spiro atoms. The molecular formula is C12H14ClN3O5S. The maximum atomic E-state index is 12.4. The molecule has 1 aliphatic heterocycles. The maximum absolute atomic E-state index is 12.4. The second-order valence-electron chi connectivity index (χ2n) is 4.67. The fourth-order valence-electron chi connectivity index (χ4n) is 2.15. The average Bonchev–Trinajstić information content (AvgIpc) is 2.54. The molecule has 1 saturated heterocycles. The summed E-state index contributed by atoms with van der Waals surface area (Å²) in [5.41, 5.74) is -0.170. The molecule has 22 heavy (non-hydrogen) atoms. The van der Waals surface area contributed by atoms with E-state index in [9.17, 15) is 23.3 Å². The quantitative estimate of drug-likeness (QED) is 0.452. The molecule has 1 amide bonds. The molecule has 10 heteroatoms. The number of amides is 1. The van der Waals surface area contributed by atoms with Crippen molar-refractivity contribution in [1.82, 2.24) is 9.21 Å². The van der Waals surface area contributed by atoms with Gasteiger partial charge in [-0.1, -0.05) is 0 Å². The molecular weight excluding hydrogens is 334 g/mol. The van der Waals surface area contributed by atoms with Crippen LogP contribution in [-0.2, 0) is 14.8 Å². The van der Waals surface area contributed by atoms with Crippen LogP contribution >= 0.6 is 11.6 Å². The zero-order chi connectivity index (χ0) is 16.3. The Hall–Kier alpha value is -1.71. The molecule has 2 rings (SSSR count). The highest BCUT2D eigenvalue weighted by atomic mass is 35.5. The summed E-state index contributed by atoms with van der Waals surface area (Å²) in [6.45, 7) is 0.888. The van der Waals surface area contributed by atoms with Gasteiger partial charge in [0.1, 0.15) is 5.88 Å². The number of sulfonamides is 1. The van der Waals surface area contributed by atoms with Crippen LogP contribution in [0.5, 0.6) is 0 Å². The lowest BCUT2D eigenvalue weighted by atomic mass is 10.3. The Bertz CT molecular complexity index is 669. The number of benzene rings is 1. The number of carbonyl (C=O) groups excluding carboxylic acids is 1. The van der Waals surface area contributed by atoms with E-state index in [2.05, 4.69) is 0 Å². The number of halogens is 1. The largest absolute Gasteiger partial charge is 0.339 e. The number of piperazine rings is 1. The van der Waals surface area contributed by atoms with Gasteiger partial charge in [-0.15, -0.1) is 11.6 Å². The van der Waals surface area contributed by atoms with Crippen LogP contribution in [0.4, 0.5) is 5.69 Å². The number of non-ortho nitro benzene ring substituents is 1. The van der Waals surface area contributed by atoms with Crippen LogP contribution in [0, 0.1) is 10.1 Å². The van der Waals surface area contributed by atoms with Crippen LogP contribution in [0.1, 0.15) is 0 Å². The third kappa shape index (κ3) is 3.37. The van der Waals surface area contributed by atoms with E-state index in [1.807, 2.05) is 0 Å². The zero-order valence-corrected chi connectivity index (χ0v) is 13.1. The SMILES string of the molecule is O=C(CCl)N1CCN(S(=O)(=O)c2ccc([N+](=O)[O-])cc2)CC1. The summed E-state index contributed by atoms with van der Waals surface area (Å²) in [7, 11) is -3.72. The van der Waals surface area contributed by atoms with E-state index in [-0.39, 0.29) is 48.5 Å². The predicted molar refractivity (Wildman–Crippen MR) is 79.2 cm³/mol. The van der Waals surface area contributed by atoms with Gasteiger partial charge in [0, 0.05) is 38.3 Å². The van der Waals surface area contributed by atoms with E-state index in [0.29, 0.717) is 0 Å². The van der Waals surface area contributed by atoms with Crippen LogP contribution in [0.25, 0.3) is 0 Å². The molecule has 0 radical (unpaired) electrons. The first-order chi connectivity index (χ1) is 10.4. The third-order valence-corrected chi connectivity index (χ3v) is 5.53. The van der Waals surface area contributed by atoms with E-state index in [4.69, 9.17) is 11.6 Å². The minimum atomic E-state index is -3.72. The summed E-state index contributed by atoms with van der Waals surface area (Å²) in [5, 5.41) is 10.6. The number of rotatable bonds is 4. The highest BCUT2D eigenvalue weighted by Gasteiger charge is 2.30. The van der Waals surface area contributed by atoms with Crippen molar-refractivity contribution >= 4 is 33.2 Å². The predicted octanol–water partition coefficient (Wildman–Crippen LogP) is 0.666. The Morgan fingerprint density at radius 3 is 2.18 bits per heavy atom. The first kappa shape index (κ1) is 16.7. The number of alkyl halides is 1. The molecule has 1 aromatic rings. The molecule has 0 atom stereocenters. The molecule has 1 aromatic carbocycles. The van der Waals surface area contributed by atoms with Crippen LogP contribution in [0.3, 0.4) is 0 Å². The Balaban J connectivity index is 2.11. The minimum Gasteiger partial charge on any atom is -0.339 e. The second kappa shape index (κ2) is 6.59. The van der Waals surface area contributed by atoms with Gasteiger partial charge in [-0.25, -0.2) is 8.42 Å². The fourth-order valence-corrected chi connectivity index (χ4v) is 3.74. The number of hydrogen-bond acceptors (Lipinski definition) is 5. The lowest BCUT2D eigenvalue weighted by Crippen LogP contribution is -2.50. The Morgan fingerprint density at radius 2 is 1.73 bits per heavy atom. The molecule has 0 unspecified atom stereocenters. The second-order valence-corrected chi connectivity index (χ2v) is 6.87. The van der Waals surface area contributed by atoms with Crippen molar-refractivity contribution in [2.75, 3.05) is 32.1 Å². The molecule has 1 aliphatic rings. The topological polar surface area (TPSA) is 101 Å². The molecule has 1 fully saturated rings. The molecule has 0 aromatic heterocycles. The first-order valence-electron chi connectivity index (χ1n) is 6.44. The summed E-state index contributed by atoms with van der Waals surface area (Å²) in [6.07, 6.45) is 0. The van der Waals surface area contributed by atoms with Crippen molar-refractivity contribution < 1.29 is 18.1 Å². The first-order valence-corrected chi connectivity index (χ1v) is 8.42. The van der Waals surface area contributed by atoms with Crippen molar-refractivity contribution in [1.29, 1.82) is 0 Å². The number of nitrogens with zero attached hydrogens (tertiary/aromatic N) is 3. The average molecular weight is 348 g/mol. The Morgan fingerprint density at radius 1 is 1.18 bits per heavy atom. The van der Waals surface area contributed by atoms with Crippen molar-refractivity contribution in [3.8, 4) is 0 Å². The zero-order valence-electron chi connectivity index (χ0n) is 11.5. The lowest BCUT2D eigenvalue weighted by molar-refractivity contribution is -0.384. The number of nitro groups is 1. The van der Waals surface area contributed by atoms with Crippen LogP contribution < -0.4 is 0 Å². The van der Waals surface area contributed by atoms with Crippen LogP contribution in [-0.4, -0.2) is 60.5 Å². The fraction of sp³-hybridized carbons (Fsp3) is 0.417. The van der Waals surface area contributed by atoms with Gasteiger partial charge < -0.3 is 4.90 Å². The Kier molecular flexibility index (Phi) is 4.99. The highest BCUT2D eigenvalue weighted by Crippen LogP contribution is 2.20. The third-order valence-electron chi connectivity index (χ3n) is 3.39. The van der Waals surface area contributed by atoms with Crippen LogP contribution in [0.15, 0.2) is 29.2 Å². The van der Waals surface area contributed by atoms with E-state index >= 15 is 0 Å². The van der Waals surface area contributed by atoms with Gasteiger partial charge in [-0.3, -0.25) is 14.9 Å². The summed E-state index contributed by atoms with van der Waals surface area (Å²) in [5.74, 6) is -0.358. The smallest absolute Gasteiger partial charge is 0.269 e. The molecule has 1 heterocycles. The number of hydrogen-bond donors (Lipinski definition) is 0. The molecule has 0 bridgehead atoms. The van der Waals surface area contributed by atoms with Crippen molar-refractivity contribution in [3.05, 3.63) is 34.4 Å². The van der Waals surface area contributed by atoms with Crippen molar-refractivity contribution in [3.63, 3.8) is 0 Å². The molecule has 8 nitrogen and oxygen atoms in total. The molecule has 0 aliphatic carbocycles. The van der Waals surface area contributed by atoms with Gasteiger partial charge in [0.05, 0.1) is 9.82 Å². The minimum absolute atomic E-state index is 0.00443. The van der Waals surface area contributed by atoms with Crippen molar-refractivity contribution in [2.24, 2.45) is 0 Å². The summed E-state index contributed by atoms with van der Waals surface area (Å²) in [6, 6.07) is 4.73. The van der Waals surface area contributed by atoms with E-state index in [1.54, 1.807) is 0 Å².